The highest BCUT2D eigenvalue weighted by atomic mass is 16.5. The third-order valence-corrected chi connectivity index (χ3v) is 8.51. The van der Waals surface area contributed by atoms with Gasteiger partial charge >= 0.3 is 0 Å². The number of methoxy groups -OCH3 is 2. The van der Waals surface area contributed by atoms with Gasteiger partial charge in [0.25, 0.3) is 0 Å². The van der Waals surface area contributed by atoms with E-state index >= 15 is 0 Å². The van der Waals surface area contributed by atoms with Crippen molar-refractivity contribution in [2.24, 2.45) is 9.98 Å². The van der Waals surface area contributed by atoms with Gasteiger partial charge in [-0.15, -0.1) is 0 Å². The highest BCUT2D eigenvalue weighted by molar-refractivity contribution is 5.87. The minimum absolute atomic E-state index is 0.482. The van der Waals surface area contributed by atoms with Gasteiger partial charge in [-0.1, -0.05) is 72.8 Å². The lowest BCUT2D eigenvalue weighted by molar-refractivity contribution is 0.414. The second kappa shape index (κ2) is 12.1. The number of fused-ring (bicyclic) bond motifs is 3. The second-order valence-electron chi connectivity index (χ2n) is 11.0. The van der Waals surface area contributed by atoms with E-state index in [1.54, 1.807) is 14.2 Å². The van der Waals surface area contributed by atoms with E-state index in [4.69, 9.17) is 19.5 Å². The van der Waals surface area contributed by atoms with E-state index in [9.17, 15) is 0 Å². The summed E-state index contributed by atoms with van der Waals surface area (Å²) < 4.78 is 10.6. The zero-order valence-corrected chi connectivity index (χ0v) is 25.2. The van der Waals surface area contributed by atoms with Gasteiger partial charge in [0.1, 0.15) is 11.5 Å². The van der Waals surface area contributed by atoms with Crippen LogP contribution in [0, 0.1) is 0 Å². The number of nitrogens with zero attached hydrogens (tertiary/aromatic N) is 2. The average Bonchev–Trinajstić information content (AvgIpc) is 3.42. The summed E-state index contributed by atoms with van der Waals surface area (Å²) in [6.07, 6.45) is 3.77. The van der Waals surface area contributed by atoms with Crippen LogP contribution in [0.3, 0.4) is 0 Å². The summed E-state index contributed by atoms with van der Waals surface area (Å²) in [4.78, 5) is 9.52. The molecule has 218 valence electrons. The topological polar surface area (TPSA) is 43.2 Å². The maximum absolute atomic E-state index is 5.28. The van der Waals surface area contributed by atoms with Crippen LogP contribution in [-0.2, 0) is 5.41 Å². The fourth-order valence-corrected chi connectivity index (χ4v) is 6.30. The molecule has 0 atom stereocenters. The Hall–Kier alpha value is -5.74. The van der Waals surface area contributed by atoms with Gasteiger partial charge in [0.15, 0.2) is 0 Å². The molecule has 0 spiro atoms. The third kappa shape index (κ3) is 5.21. The molecule has 0 aromatic heterocycles. The van der Waals surface area contributed by atoms with E-state index in [-0.39, 0.29) is 0 Å². The Labute approximate surface area is 264 Å². The van der Waals surface area contributed by atoms with Crippen molar-refractivity contribution in [1.29, 1.82) is 0 Å². The Kier molecular flexibility index (Phi) is 7.54. The minimum atomic E-state index is -0.482. The van der Waals surface area contributed by atoms with Crippen molar-refractivity contribution in [3.63, 3.8) is 0 Å². The molecule has 0 saturated heterocycles. The standard InChI is InChI=1S/C41H32N2O2/c1-44-35-23-11-29(12-24-35)27-42-33-19-15-31(16-20-33)41(39-9-5-3-7-37(39)38-8-4-6-10-40(38)41)32-17-21-34(22-18-32)43-28-30-13-25-36(45-2)26-14-30/h3-28H,1-2H3. The normalized spacial score (nSPS) is 13.1. The summed E-state index contributed by atoms with van der Waals surface area (Å²) in [5, 5.41) is 0. The Balaban J connectivity index is 1.28. The lowest BCUT2D eigenvalue weighted by Crippen LogP contribution is -2.28. The molecular weight excluding hydrogens is 552 g/mol. The van der Waals surface area contributed by atoms with Crippen molar-refractivity contribution >= 4 is 23.8 Å². The van der Waals surface area contributed by atoms with Crippen LogP contribution >= 0.6 is 0 Å². The van der Waals surface area contributed by atoms with E-state index in [0.29, 0.717) is 0 Å². The number of aliphatic imine (C=N–C) groups is 2. The molecule has 45 heavy (non-hydrogen) atoms. The summed E-state index contributed by atoms with van der Waals surface area (Å²) in [6.45, 7) is 0. The predicted molar refractivity (Wildman–Crippen MR) is 184 cm³/mol. The van der Waals surface area contributed by atoms with Gasteiger partial charge in [-0.2, -0.15) is 0 Å². The number of ether oxygens (including phenoxy) is 2. The fraction of sp³-hybridized carbons (Fsp3) is 0.0732. The molecule has 0 aliphatic heterocycles. The Morgan fingerprint density at radius 1 is 0.444 bits per heavy atom. The molecule has 0 unspecified atom stereocenters. The van der Waals surface area contributed by atoms with Crippen molar-refractivity contribution in [2.45, 2.75) is 5.41 Å². The molecule has 4 nitrogen and oxygen atoms in total. The minimum Gasteiger partial charge on any atom is -0.497 e. The summed E-state index contributed by atoms with van der Waals surface area (Å²) >= 11 is 0. The Morgan fingerprint density at radius 2 is 0.822 bits per heavy atom. The van der Waals surface area contributed by atoms with E-state index in [2.05, 4.69) is 97.1 Å². The molecule has 1 aliphatic carbocycles. The molecule has 6 aromatic rings. The quantitative estimate of drug-likeness (QED) is 0.167. The van der Waals surface area contributed by atoms with Gasteiger partial charge in [-0.05, 0) is 117 Å². The van der Waals surface area contributed by atoms with Crippen molar-refractivity contribution in [3.8, 4) is 22.6 Å². The Morgan fingerprint density at radius 3 is 1.20 bits per heavy atom. The zero-order valence-electron chi connectivity index (χ0n) is 25.2. The first-order chi connectivity index (χ1) is 22.2. The van der Waals surface area contributed by atoms with Crippen molar-refractivity contribution in [1.82, 2.24) is 0 Å². The van der Waals surface area contributed by atoms with E-state index in [1.807, 2.05) is 61.0 Å². The largest absolute Gasteiger partial charge is 0.497 e. The third-order valence-electron chi connectivity index (χ3n) is 8.51. The number of benzene rings is 6. The maximum Gasteiger partial charge on any atom is 0.118 e. The van der Waals surface area contributed by atoms with Crippen LogP contribution in [0.2, 0.25) is 0 Å². The van der Waals surface area contributed by atoms with Crippen LogP contribution < -0.4 is 9.47 Å². The molecule has 0 N–H and O–H groups in total. The van der Waals surface area contributed by atoms with Gasteiger partial charge in [-0.25, -0.2) is 0 Å². The summed E-state index contributed by atoms with van der Waals surface area (Å²) in [7, 11) is 3.34. The number of hydrogen-bond acceptors (Lipinski definition) is 4. The van der Waals surface area contributed by atoms with Crippen LogP contribution in [-0.4, -0.2) is 26.6 Å². The smallest absolute Gasteiger partial charge is 0.118 e. The van der Waals surface area contributed by atoms with E-state index < -0.39 is 5.41 Å². The van der Waals surface area contributed by atoms with Gasteiger partial charge < -0.3 is 9.47 Å². The first-order valence-corrected chi connectivity index (χ1v) is 15.0. The molecule has 0 saturated carbocycles. The average molecular weight is 585 g/mol. The molecule has 7 rings (SSSR count). The molecule has 4 heteroatoms. The van der Waals surface area contributed by atoms with Crippen LogP contribution in [0.5, 0.6) is 11.5 Å². The lowest BCUT2D eigenvalue weighted by atomic mass is 9.67. The number of rotatable bonds is 8. The SMILES string of the molecule is COc1ccc(C=Nc2ccc(C3(c4ccc(N=Cc5ccc(OC)cc5)cc4)c4ccccc4-c4ccccc43)cc2)cc1. The Bertz CT molecular complexity index is 1840. The van der Waals surface area contributed by atoms with Gasteiger partial charge in [0, 0.05) is 12.4 Å². The zero-order chi connectivity index (χ0) is 30.6. The number of hydrogen-bond donors (Lipinski definition) is 0. The van der Waals surface area contributed by atoms with Crippen LogP contribution in [0.15, 0.2) is 156 Å². The van der Waals surface area contributed by atoms with Crippen molar-refractivity contribution < 1.29 is 9.47 Å². The summed E-state index contributed by atoms with van der Waals surface area (Å²) in [5.41, 5.74) is 10.8. The lowest BCUT2D eigenvalue weighted by Gasteiger charge is -2.34. The van der Waals surface area contributed by atoms with E-state index in [0.717, 1.165) is 34.0 Å². The molecule has 0 bridgehead atoms. The highest BCUT2D eigenvalue weighted by Crippen LogP contribution is 2.56. The second-order valence-corrected chi connectivity index (χ2v) is 11.0. The van der Waals surface area contributed by atoms with Crippen LogP contribution in [0.1, 0.15) is 33.4 Å². The fourth-order valence-electron chi connectivity index (χ4n) is 6.30. The monoisotopic (exact) mass is 584 g/mol. The molecule has 6 aromatic carbocycles. The molecule has 0 amide bonds. The van der Waals surface area contributed by atoms with Crippen LogP contribution in [0.25, 0.3) is 11.1 Å². The van der Waals surface area contributed by atoms with Crippen LogP contribution in [0.4, 0.5) is 11.4 Å². The van der Waals surface area contributed by atoms with Gasteiger partial charge in [0.2, 0.25) is 0 Å². The first-order valence-electron chi connectivity index (χ1n) is 15.0. The molecule has 0 heterocycles. The van der Waals surface area contributed by atoms with Crippen molar-refractivity contribution in [3.05, 3.63) is 179 Å². The molecular formula is C41H32N2O2. The maximum atomic E-state index is 5.28. The van der Waals surface area contributed by atoms with Crippen molar-refractivity contribution in [2.75, 3.05) is 14.2 Å². The summed E-state index contributed by atoms with van der Waals surface area (Å²) in [5.74, 6) is 1.66. The van der Waals surface area contributed by atoms with Gasteiger partial charge in [0.05, 0.1) is 31.0 Å². The van der Waals surface area contributed by atoms with Gasteiger partial charge in [-0.3, -0.25) is 9.98 Å². The van der Waals surface area contributed by atoms with E-state index in [1.165, 1.54) is 33.4 Å². The summed E-state index contributed by atoms with van der Waals surface area (Å²) in [6, 6.07) is 50.6. The highest BCUT2D eigenvalue weighted by Gasteiger charge is 2.45. The molecule has 0 radical (unpaired) electrons. The molecule has 0 fully saturated rings. The predicted octanol–water partition coefficient (Wildman–Crippen LogP) is 9.57. The molecule has 1 aliphatic rings. The first kappa shape index (κ1) is 28.1.